The zero-order valence-corrected chi connectivity index (χ0v) is 25.0. The van der Waals surface area contributed by atoms with Crippen LogP contribution in [0.2, 0.25) is 0 Å². The van der Waals surface area contributed by atoms with Crippen LogP contribution >= 0.6 is 0 Å². The van der Waals surface area contributed by atoms with Crippen molar-refractivity contribution in [1.29, 1.82) is 0 Å². The van der Waals surface area contributed by atoms with E-state index in [4.69, 9.17) is 9.72 Å². The van der Waals surface area contributed by atoms with Crippen LogP contribution in [0.15, 0.2) is 30.3 Å². The van der Waals surface area contributed by atoms with E-state index in [1.165, 1.54) is 22.5 Å². The summed E-state index contributed by atoms with van der Waals surface area (Å²) in [5, 5.41) is 31.0. The van der Waals surface area contributed by atoms with Crippen LogP contribution in [-0.4, -0.2) is 60.7 Å². The zero-order chi connectivity index (χ0) is 27.5. The van der Waals surface area contributed by atoms with Gasteiger partial charge in [-0.2, -0.15) is 0 Å². The first-order valence-electron chi connectivity index (χ1n) is 11.9. The van der Waals surface area contributed by atoms with Crippen molar-refractivity contribution in [1.82, 2.24) is 4.98 Å². The second-order valence-corrected chi connectivity index (χ2v) is 11.5. The van der Waals surface area contributed by atoms with Crippen LogP contribution in [0.1, 0.15) is 56.4 Å². The molecular weight excluding hydrogens is 526 g/mol. The molecular formula is C26H32FN2NaO7S. The minimum absolute atomic E-state index is 0. The zero-order valence-electron chi connectivity index (χ0n) is 22.2. The average molecular weight is 559 g/mol. The van der Waals surface area contributed by atoms with Gasteiger partial charge in [-0.15, -0.1) is 0 Å². The Morgan fingerprint density at radius 3 is 2.47 bits per heavy atom. The number of aliphatic carboxylic acids is 1. The van der Waals surface area contributed by atoms with Gasteiger partial charge in [-0.05, 0) is 36.1 Å². The van der Waals surface area contributed by atoms with Crippen LogP contribution in [0, 0.1) is 5.82 Å². The van der Waals surface area contributed by atoms with Crippen LogP contribution < -0.4 is 39.0 Å². The molecule has 1 aromatic heterocycles. The normalized spacial score (nSPS) is 17.6. The maximum Gasteiger partial charge on any atom is 1.00 e. The van der Waals surface area contributed by atoms with Gasteiger partial charge in [-0.1, -0.05) is 38.1 Å². The molecule has 0 bridgehead atoms. The van der Waals surface area contributed by atoms with Gasteiger partial charge in [0.05, 0.1) is 43.4 Å². The molecule has 0 radical (unpaired) electrons. The molecule has 9 nitrogen and oxygen atoms in total. The first-order chi connectivity index (χ1) is 17.3. The topological polar surface area (TPSA) is 140 Å². The van der Waals surface area contributed by atoms with Crippen LogP contribution in [0.25, 0.3) is 17.2 Å². The number of pyridine rings is 1. The number of carboxylic acids is 1. The fraction of sp³-hybridized carbons (Fsp3) is 0.462. The summed E-state index contributed by atoms with van der Waals surface area (Å²) in [6.45, 7) is 5.67. The number of carboxylic acid groups (broad SMARTS) is 1. The Bertz CT molecular complexity index is 1270. The van der Waals surface area contributed by atoms with Crippen LogP contribution in [0.4, 0.5) is 10.2 Å². The summed E-state index contributed by atoms with van der Waals surface area (Å²) < 4.78 is 46.5. The van der Waals surface area contributed by atoms with Crippen LogP contribution in [0.3, 0.4) is 0 Å². The van der Waals surface area contributed by atoms with E-state index < -0.39 is 46.5 Å². The number of rotatable bonds is 9. The number of sulfonamides is 1. The van der Waals surface area contributed by atoms with Crippen molar-refractivity contribution >= 4 is 27.9 Å². The van der Waals surface area contributed by atoms with E-state index in [0.717, 1.165) is 6.26 Å². The Balaban J connectivity index is 0.00000507. The number of halogens is 1. The summed E-state index contributed by atoms with van der Waals surface area (Å²) in [7, 11) is -3.71. The standard InChI is InChI=1S/C26H33FN2O7S.Na/c1-15(2)25-21(10-9-19(30)11-20(31)12-23(32)33)24(17-5-7-18(27)8-6-17)22-14-36-16(3)13-29(26(22)28-25)37(4,34)35;/h5-10,15-16,19-20,30-31H,11-14H2,1-4H3,(H,32,33);/q;+1/p-1/b10-9+;/t16-,19-,20-;/m1./s1. The fourth-order valence-electron chi connectivity index (χ4n) is 4.27. The average Bonchev–Trinajstić information content (AvgIpc) is 2.95. The number of benzene rings is 1. The number of aliphatic hydroxyl groups excluding tert-OH is 2. The molecule has 0 saturated heterocycles. The maximum absolute atomic E-state index is 13.8. The van der Waals surface area contributed by atoms with Gasteiger partial charge in [0.1, 0.15) is 11.6 Å². The Morgan fingerprint density at radius 2 is 1.92 bits per heavy atom. The predicted molar refractivity (Wildman–Crippen MR) is 135 cm³/mol. The summed E-state index contributed by atoms with van der Waals surface area (Å²) >= 11 is 0. The molecule has 3 atom stereocenters. The monoisotopic (exact) mass is 558 g/mol. The summed E-state index contributed by atoms with van der Waals surface area (Å²) in [4.78, 5) is 15.5. The molecule has 0 aliphatic carbocycles. The van der Waals surface area contributed by atoms with Crippen LogP contribution in [-0.2, 0) is 26.2 Å². The molecule has 1 aromatic carbocycles. The number of aromatic nitrogens is 1. The Morgan fingerprint density at radius 1 is 1.29 bits per heavy atom. The minimum Gasteiger partial charge on any atom is -0.550 e. The van der Waals surface area contributed by atoms with Gasteiger partial charge in [0.2, 0.25) is 10.0 Å². The van der Waals surface area contributed by atoms with E-state index in [1.807, 2.05) is 13.8 Å². The van der Waals surface area contributed by atoms with Gasteiger partial charge in [0, 0.05) is 29.9 Å². The third-order valence-corrected chi connectivity index (χ3v) is 7.12. The Labute approximate surface area is 244 Å². The molecule has 0 spiro atoms. The first kappa shape index (κ1) is 32.4. The number of carbonyl (C=O) groups is 1. The van der Waals surface area contributed by atoms with Crippen molar-refractivity contribution in [2.24, 2.45) is 0 Å². The third-order valence-electron chi connectivity index (χ3n) is 6.00. The molecule has 0 saturated carbocycles. The number of aliphatic hydroxyl groups is 2. The summed E-state index contributed by atoms with van der Waals surface area (Å²) in [5.41, 5.74) is 2.78. The molecule has 2 aromatic rings. The van der Waals surface area contributed by atoms with Gasteiger partial charge >= 0.3 is 29.6 Å². The molecule has 2 N–H and O–H groups in total. The molecule has 2 heterocycles. The molecule has 0 amide bonds. The molecule has 12 heteroatoms. The summed E-state index contributed by atoms with van der Waals surface area (Å²) in [6.07, 6.45) is 0.386. The summed E-state index contributed by atoms with van der Waals surface area (Å²) in [5.74, 6) is -1.81. The summed E-state index contributed by atoms with van der Waals surface area (Å²) in [6, 6.07) is 5.74. The Kier molecular flexibility index (Phi) is 11.5. The van der Waals surface area contributed by atoms with E-state index in [-0.39, 0.29) is 60.9 Å². The third kappa shape index (κ3) is 8.08. The SMILES string of the molecule is CC(C)c1nc2c(c(-c3ccc(F)cc3)c1/C=C/[C@@H](O)C[C@@H](O)CC(=O)[O-])CO[C@H](C)CN2S(C)(=O)=O.[Na+]. The number of ether oxygens (including phenoxy) is 1. The van der Waals surface area contributed by atoms with E-state index in [1.54, 1.807) is 25.1 Å². The molecule has 202 valence electrons. The van der Waals surface area contributed by atoms with Crippen molar-refractivity contribution < 1.29 is 67.2 Å². The first-order valence-corrected chi connectivity index (χ1v) is 13.8. The van der Waals surface area contributed by atoms with Crippen molar-refractivity contribution in [3.63, 3.8) is 0 Å². The van der Waals surface area contributed by atoms with Crippen LogP contribution in [0.5, 0.6) is 0 Å². The number of carbonyl (C=O) groups excluding carboxylic acids is 1. The molecule has 0 unspecified atom stereocenters. The molecule has 0 fully saturated rings. The maximum atomic E-state index is 13.8. The van der Waals surface area contributed by atoms with Gasteiger partial charge in [0.15, 0.2) is 0 Å². The van der Waals surface area contributed by atoms with E-state index in [0.29, 0.717) is 27.9 Å². The number of nitrogens with zero attached hydrogens (tertiary/aromatic N) is 2. The predicted octanol–water partition coefficient (Wildman–Crippen LogP) is -1.04. The number of anilines is 1. The molecule has 1 aliphatic rings. The second kappa shape index (κ2) is 13.5. The number of fused-ring (bicyclic) bond motifs is 1. The molecule has 38 heavy (non-hydrogen) atoms. The van der Waals surface area contributed by atoms with E-state index >= 15 is 0 Å². The molecule has 3 rings (SSSR count). The second-order valence-electron chi connectivity index (χ2n) is 9.56. The quantitative estimate of drug-likeness (QED) is 0.372. The van der Waals surface area contributed by atoms with Gasteiger partial charge in [-0.25, -0.2) is 17.8 Å². The van der Waals surface area contributed by atoms with E-state index in [2.05, 4.69) is 0 Å². The van der Waals surface area contributed by atoms with Gasteiger partial charge in [0.25, 0.3) is 0 Å². The number of hydrogen-bond acceptors (Lipinski definition) is 8. The largest absolute Gasteiger partial charge is 1.00 e. The molecule has 1 aliphatic heterocycles. The van der Waals surface area contributed by atoms with E-state index in [9.17, 15) is 32.9 Å². The van der Waals surface area contributed by atoms with Crippen molar-refractivity contribution in [3.05, 3.63) is 53.0 Å². The number of hydrogen-bond donors (Lipinski definition) is 2. The fourth-order valence-corrected chi connectivity index (χ4v) is 5.22. The smallest absolute Gasteiger partial charge is 0.550 e. The van der Waals surface area contributed by atoms with Crippen molar-refractivity contribution in [3.8, 4) is 11.1 Å². The minimum atomic E-state index is -3.71. The van der Waals surface area contributed by atoms with Gasteiger partial charge < -0.3 is 24.9 Å². The Hall–Kier alpha value is -1.86. The van der Waals surface area contributed by atoms with Crippen molar-refractivity contribution in [2.45, 2.75) is 64.4 Å². The van der Waals surface area contributed by atoms with Gasteiger partial charge in [-0.3, -0.25) is 4.31 Å². The van der Waals surface area contributed by atoms with Crippen molar-refractivity contribution in [2.75, 3.05) is 17.1 Å².